The molecule has 6 nitrogen and oxygen atoms in total. The van der Waals surface area contributed by atoms with Crippen LogP contribution in [0.25, 0.3) is 10.2 Å². The molecular formula is C21H24N2O4S. The van der Waals surface area contributed by atoms with E-state index in [0.29, 0.717) is 44.2 Å². The first-order valence-electron chi connectivity index (χ1n) is 10.0. The van der Waals surface area contributed by atoms with Crippen LogP contribution in [-0.4, -0.2) is 28.3 Å². The highest BCUT2D eigenvalue weighted by molar-refractivity contribution is 7.20. The zero-order valence-corrected chi connectivity index (χ0v) is 17.0. The van der Waals surface area contributed by atoms with Gasteiger partial charge in [0.05, 0.1) is 5.39 Å². The second-order valence-electron chi connectivity index (χ2n) is 9.08. The number of esters is 1. The molecular weight excluding hydrogens is 376 g/mol. The van der Waals surface area contributed by atoms with E-state index in [-0.39, 0.29) is 23.4 Å². The topological polar surface area (TPSA) is 89.1 Å². The molecule has 0 spiro atoms. The van der Waals surface area contributed by atoms with Gasteiger partial charge in [-0.15, -0.1) is 11.3 Å². The number of fused-ring (bicyclic) bond motifs is 1. The Morgan fingerprint density at radius 3 is 2.36 bits per heavy atom. The number of rotatable bonds is 4. The number of nitrogens with zero attached hydrogens (tertiary/aromatic N) is 1. The Kier molecular flexibility index (Phi) is 4.02. The van der Waals surface area contributed by atoms with Gasteiger partial charge in [-0.25, -0.2) is 9.78 Å². The molecule has 7 heteroatoms. The van der Waals surface area contributed by atoms with Crippen LogP contribution in [0.3, 0.4) is 0 Å². The Hall–Kier alpha value is -2.02. The van der Waals surface area contributed by atoms with Crippen LogP contribution in [0.1, 0.15) is 59.6 Å². The summed E-state index contributed by atoms with van der Waals surface area (Å²) in [6.07, 6.45) is 6.72. The van der Waals surface area contributed by atoms with Gasteiger partial charge in [0, 0.05) is 5.41 Å². The summed E-state index contributed by atoms with van der Waals surface area (Å²) < 4.78 is 5.44. The predicted molar refractivity (Wildman–Crippen MR) is 106 cm³/mol. The lowest BCUT2D eigenvalue weighted by molar-refractivity contribution is -0.147. The molecule has 0 radical (unpaired) electrons. The number of ketones is 1. The van der Waals surface area contributed by atoms with Crippen LogP contribution in [0.5, 0.6) is 0 Å². The molecule has 0 unspecified atom stereocenters. The van der Waals surface area contributed by atoms with Crippen LogP contribution in [-0.2, 0) is 9.53 Å². The highest BCUT2D eigenvalue weighted by Crippen LogP contribution is 2.60. The Labute approximate surface area is 166 Å². The quantitative estimate of drug-likeness (QED) is 0.793. The van der Waals surface area contributed by atoms with E-state index < -0.39 is 5.97 Å². The van der Waals surface area contributed by atoms with Crippen LogP contribution in [0.2, 0.25) is 0 Å². The van der Waals surface area contributed by atoms with Crippen LogP contribution in [0, 0.1) is 37.0 Å². The van der Waals surface area contributed by atoms with Crippen molar-refractivity contribution in [1.82, 2.24) is 9.97 Å². The highest BCUT2D eigenvalue weighted by atomic mass is 32.1. The number of aromatic amines is 1. The predicted octanol–water partition coefficient (Wildman–Crippen LogP) is 3.54. The summed E-state index contributed by atoms with van der Waals surface area (Å²) in [5.41, 5.74) is 0.0565. The van der Waals surface area contributed by atoms with Gasteiger partial charge in [0.25, 0.3) is 5.56 Å². The van der Waals surface area contributed by atoms with Gasteiger partial charge in [0.2, 0.25) is 0 Å². The van der Waals surface area contributed by atoms with E-state index in [4.69, 9.17) is 4.74 Å². The summed E-state index contributed by atoms with van der Waals surface area (Å²) in [4.78, 5) is 45.8. The standard InChI is InChI=1S/C21H24N2O4S/c1-10-16-18(25)22-11(2)23-19(16)28-17(10)20(26)27-9-15(24)21-6-12-3-13(7-21)5-14(4-12)8-21/h12-14H,3-9H2,1-2H3,(H,22,23,25). The Morgan fingerprint density at radius 2 is 1.75 bits per heavy atom. The minimum absolute atomic E-state index is 0.0885. The van der Waals surface area contributed by atoms with E-state index in [9.17, 15) is 14.4 Å². The molecule has 0 aromatic carbocycles. The van der Waals surface area contributed by atoms with Gasteiger partial charge in [0.1, 0.15) is 15.5 Å². The first-order valence-corrected chi connectivity index (χ1v) is 10.9. The fourth-order valence-electron chi connectivity index (χ4n) is 6.25. The van der Waals surface area contributed by atoms with Crippen molar-refractivity contribution in [2.45, 2.75) is 52.4 Å². The number of ether oxygens (including phenoxy) is 1. The van der Waals surface area contributed by atoms with Gasteiger partial charge >= 0.3 is 5.97 Å². The van der Waals surface area contributed by atoms with Crippen molar-refractivity contribution in [2.24, 2.45) is 23.2 Å². The summed E-state index contributed by atoms with van der Waals surface area (Å²) in [5, 5.41) is 0.426. The van der Waals surface area contributed by atoms with Crippen molar-refractivity contribution in [1.29, 1.82) is 0 Å². The molecule has 4 bridgehead atoms. The maximum Gasteiger partial charge on any atom is 0.349 e. The monoisotopic (exact) mass is 400 g/mol. The maximum atomic E-state index is 13.0. The van der Waals surface area contributed by atoms with Crippen LogP contribution >= 0.6 is 11.3 Å². The van der Waals surface area contributed by atoms with Crippen molar-refractivity contribution in [3.63, 3.8) is 0 Å². The molecule has 0 aliphatic heterocycles. The molecule has 2 aromatic rings. The van der Waals surface area contributed by atoms with Gasteiger partial charge in [-0.3, -0.25) is 9.59 Å². The van der Waals surface area contributed by atoms with Gasteiger partial charge < -0.3 is 9.72 Å². The summed E-state index contributed by atoms with van der Waals surface area (Å²) in [5.74, 6) is 2.10. The summed E-state index contributed by atoms with van der Waals surface area (Å²) in [6, 6.07) is 0. The molecule has 0 atom stereocenters. The minimum Gasteiger partial charge on any atom is -0.453 e. The van der Waals surface area contributed by atoms with E-state index in [0.717, 1.165) is 30.6 Å². The SMILES string of the molecule is Cc1nc2sc(C(=O)OCC(=O)C34CC5CC(CC(C5)C3)C4)c(C)c2c(=O)[nH]1. The van der Waals surface area contributed by atoms with Crippen LogP contribution in [0.4, 0.5) is 0 Å². The molecule has 28 heavy (non-hydrogen) atoms. The number of H-pyrrole nitrogens is 1. The molecule has 2 heterocycles. The van der Waals surface area contributed by atoms with Crippen LogP contribution < -0.4 is 5.56 Å². The molecule has 4 saturated carbocycles. The fraction of sp³-hybridized carbons (Fsp3) is 0.619. The number of carbonyl (C=O) groups excluding carboxylic acids is 2. The zero-order valence-electron chi connectivity index (χ0n) is 16.2. The molecule has 1 N–H and O–H groups in total. The molecule has 0 saturated heterocycles. The number of hydrogen-bond acceptors (Lipinski definition) is 6. The average molecular weight is 401 g/mol. The third-order valence-corrected chi connectivity index (χ3v) is 8.23. The third kappa shape index (κ3) is 2.74. The maximum absolute atomic E-state index is 13.0. The summed E-state index contributed by atoms with van der Waals surface area (Å²) >= 11 is 1.15. The Bertz CT molecular complexity index is 1020. The number of aryl methyl sites for hydroxylation is 2. The number of hydrogen-bond donors (Lipinski definition) is 1. The lowest BCUT2D eigenvalue weighted by atomic mass is 9.48. The number of Topliss-reactive ketones (excluding diaryl/α,β-unsaturated/α-hetero) is 1. The molecule has 4 aliphatic carbocycles. The van der Waals surface area contributed by atoms with Gasteiger partial charge in [-0.2, -0.15) is 0 Å². The van der Waals surface area contributed by atoms with E-state index in [1.807, 2.05) is 0 Å². The first kappa shape index (κ1) is 18.0. The molecule has 0 amide bonds. The second-order valence-corrected chi connectivity index (χ2v) is 10.1. The lowest BCUT2D eigenvalue weighted by Gasteiger charge is -2.55. The molecule has 6 rings (SSSR count). The van der Waals surface area contributed by atoms with Gasteiger partial charge in [0.15, 0.2) is 12.4 Å². The van der Waals surface area contributed by atoms with E-state index in [2.05, 4.69) is 9.97 Å². The van der Waals surface area contributed by atoms with Gasteiger partial charge in [-0.05, 0) is 75.7 Å². The van der Waals surface area contributed by atoms with Crippen molar-refractivity contribution < 1.29 is 14.3 Å². The van der Waals surface area contributed by atoms with Crippen molar-refractivity contribution in [3.8, 4) is 0 Å². The first-order chi connectivity index (χ1) is 13.3. The van der Waals surface area contributed by atoms with Gasteiger partial charge in [-0.1, -0.05) is 0 Å². The third-order valence-electron chi connectivity index (χ3n) is 7.07. The van der Waals surface area contributed by atoms with E-state index in [1.165, 1.54) is 19.3 Å². The number of aromatic nitrogens is 2. The smallest absolute Gasteiger partial charge is 0.349 e. The molecule has 4 fully saturated rings. The number of nitrogens with one attached hydrogen (secondary N) is 1. The highest BCUT2D eigenvalue weighted by Gasteiger charge is 2.54. The molecule has 4 aliphatic rings. The largest absolute Gasteiger partial charge is 0.453 e. The summed E-state index contributed by atoms with van der Waals surface area (Å²) in [6.45, 7) is 3.27. The minimum atomic E-state index is -0.532. The van der Waals surface area contributed by atoms with Crippen LogP contribution in [0.15, 0.2) is 4.79 Å². The molecule has 148 valence electrons. The normalized spacial score (nSPS) is 30.7. The van der Waals surface area contributed by atoms with E-state index in [1.54, 1.807) is 13.8 Å². The van der Waals surface area contributed by atoms with Crippen molar-refractivity contribution >= 4 is 33.3 Å². The number of carbonyl (C=O) groups is 2. The Morgan fingerprint density at radius 1 is 1.14 bits per heavy atom. The Balaban J connectivity index is 1.33. The molecule has 2 aromatic heterocycles. The fourth-order valence-corrected chi connectivity index (χ4v) is 7.37. The van der Waals surface area contributed by atoms with Crippen molar-refractivity contribution in [3.05, 3.63) is 26.6 Å². The average Bonchev–Trinajstić information content (AvgIpc) is 2.94. The summed E-state index contributed by atoms with van der Waals surface area (Å²) in [7, 11) is 0. The second kappa shape index (κ2) is 6.24. The van der Waals surface area contributed by atoms with Crippen molar-refractivity contribution in [2.75, 3.05) is 6.61 Å². The zero-order chi connectivity index (χ0) is 19.6. The van der Waals surface area contributed by atoms with E-state index >= 15 is 0 Å². The lowest BCUT2D eigenvalue weighted by Crippen LogP contribution is -2.51. The number of thiophene rings is 1.